The Morgan fingerprint density at radius 3 is 2.42 bits per heavy atom. The quantitative estimate of drug-likeness (QED) is 0.436. The zero-order valence-electron chi connectivity index (χ0n) is 21.2. The van der Waals surface area contributed by atoms with E-state index in [-0.39, 0.29) is 11.8 Å². The highest BCUT2D eigenvalue weighted by Crippen LogP contribution is 2.40. The van der Waals surface area contributed by atoms with Crippen LogP contribution in [-0.4, -0.2) is 44.4 Å². The van der Waals surface area contributed by atoms with Gasteiger partial charge in [-0.05, 0) is 74.8 Å². The Labute approximate surface area is 220 Å². The Balaban J connectivity index is 1.50. The average Bonchev–Trinajstić information content (AvgIpc) is 3.24. The van der Waals surface area contributed by atoms with E-state index in [4.69, 9.17) is 9.47 Å². The predicted molar refractivity (Wildman–Crippen MR) is 145 cm³/mol. The molecule has 0 fully saturated rings. The lowest BCUT2D eigenvalue weighted by molar-refractivity contribution is -0.118. The fourth-order valence-electron chi connectivity index (χ4n) is 4.27. The lowest BCUT2D eigenvalue weighted by Crippen LogP contribution is -2.29. The smallest absolute Gasteiger partial charge is 0.258 e. The highest BCUT2D eigenvalue weighted by molar-refractivity contribution is 6.37. The van der Waals surface area contributed by atoms with Gasteiger partial charge in [-0.2, -0.15) is 0 Å². The summed E-state index contributed by atoms with van der Waals surface area (Å²) in [7, 11) is 5.60. The van der Waals surface area contributed by atoms with Gasteiger partial charge in [0.2, 0.25) is 5.91 Å². The molecule has 0 unspecified atom stereocenters. The summed E-state index contributed by atoms with van der Waals surface area (Å²) >= 11 is 0. The van der Waals surface area contributed by atoms with E-state index in [0.29, 0.717) is 58.2 Å². The summed E-state index contributed by atoms with van der Waals surface area (Å²) in [4.78, 5) is 29.2. The molecule has 2 aliphatic rings. The van der Waals surface area contributed by atoms with E-state index in [1.54, 1.807) is 30.1 Å². The molecular weight excluding hydrogens is 487 g/mol. The fraction of sp³-hybridized carbons (Fsp3) is 0.172. The van der Waals surface area contributed by atoms with E-state index in [0.717, 1.165) is 5.69 Å². The SMILES string of the molecule is CN(C)CCC(=O)N(C)c1ccc(NC(=C2C(=O)Nc3cc(F)ccc32)c2ccc3c(c2)OC=CO3)cc1. The standard InChI is InChI=1S/C29H27FN4O4/c1-33(2)13-12-26(35)34(3)21-8-6-20(7-9-21)31-28(18-4-11-24-25(16-18)38-15-14-37-24)27-22-10-5-19(30)17-23(22)32-29(27)36/h4-11,14-17,31H,12-13H2,1-3H3,(H,32,36). The normalized spacial score (nSPS) is 14.7. The molecule has 9 heteroatoms. The Hall–Kier alpha value is -4.63. The summed E-state index contributed by atoms with van der Waals surface area (Å²) < 4.78 is 24.9. The van der Waals surface area contributed by atoms with Crippen LogP contribution < -0.4 is 25.0 Å². The van der Waals surface area contributed by atoms with E-state index in [1.807, 2.05) is 49.3 Å². The van der Waals surface area contributed by atoms with Crippen LogP contribution in [0.5, 0.6) is 11.5 Å². The number of amides is 2. The van der Waals surface area contributed by atoms with E-state index in [9.17, 15) is 14.0 Å². The van der Waals surface area contributed by atoms with Crippen LogP contribution in [0.25, 0.3) is 11.3 Å². The second-order valence-corrected chi connectivity index (χ2v) is 9.24. The summed E-state index contributed by atoms with van der Waals surface area (Å²) in [5, 5.41) is 6.12. The Bertz CT molecular complexity index is 1460. The minimum atomic E-state index is -0.439. The van der Waals surface area contributed by atoms with Gasteiger partial charge in [0.05, 0.1) is 17.0 Å². The molecule has 5 rings (SSSR count). The van der Waals surface area contributed by atoms with Gasteiger partial charge in [0.15, 0.2) is 11.5 Å². The third-order valence-electron chi connectivity index (χ3n) is 6.33. The third kappa shape index (κ3) is 5.09. The van der Waals surface area contributed by atoms with Crippen molar-refractivity contribution in [3.63, 3.8) is 0 Å². The molecule has 2 heterocycles. The molecular formula is C29H27FN4O4. The van der Waals surface area contributed by atoms with Crippen molar-refractivity contribution in [1.82, 2.24) is 4.90 Å². The first-order valence-corrected chi connectivity index (χ1v) is 12.1. The van der Waals surface area contributed by atoms with E-state index < -0.39 is 5.82 Å². The lowest BCUT2D eigenvalue weighted by atomic mass is 9.99. The molecule has 2 amide bonds. The summed E-state index contributed by atoms with van der Waals surface area (Å²) in [6, 6.07) is 16.9. The summed E-state index contributed by atoms with van der Waals surface area (Å²) in [6.07, 6.45) is 3.29. The first-order valence-electron chi connectivity index (χ1n) is 12.1. The third-order valence-corrected chi connectivity index (χ3v) is 6.33. The maximum Gasteiger partial charge on any atom is 0.258 e. The first-order chi connectivity index (χ1) is 18.3. The number of halogens is 1. The van der Waals surface area contributed by atoms with Crippen molar-refractivity contribution in [3.8, 4) is 11.5 Å². The number of hydrogen-bond donors (Lipinski definition) is 2. The van der Waals surface area contributed by atoms with Crippen molar-refractivity contribution in [2.45, 2.75) is 6.42 Å². The van der Waals surface area contributed by atoms with Crippen LogP contribution in [0.4, 0.5) is 21.5 Å². The summed E-state index contributed by atoms with van der Waals surface area (Å²) in [5.41, 5.74) is 3.98. The second kappa shape index (κ2) is 10.4. The molecule has 3 aromatic carbocycles. The molecule has 0 saturated carbocycles. The van der Waals surface area contributed by atoms with Gasteiger partial charge in [-0.15, -0.1) is 0 Å². The molecule has 0 radical (unpaired) electrons. The molecule has 0 aliphatic carbocycles. The maximum absolute atomic E-state index is 13.9. The number of benzene rings is 3. The molecule has 0 bridgehead atoms. The number of carbonyl (C=O) groups excluding carboxylic acids is 2. The minimum absolute atomic E-state index is 0.0130. The van der Waals surface area contributed by atoms with Gasteiger partial charge in [0, 0.05) is 42.5 Å². The fourth-order valence-corrected chi connectivity index (χ4v) is 4.27. The zero-order valence-corrected chi connectivity index (χ0v) is 21.2. The molecule has 8 nitrogen and oxygen atoms in total. The number of carbonyl (C=O) groups is 2. The second-order valence-electron chi connectivity index (χ2n) is 9.24. The summed E-state index contributed by atoms with van der Waals surface area (Å²) in [5.74, 6) is 0.261. The van der Waals surface area contributed by atoms with Gasteiger partial charge in [0.25, 0.3) is 5.91 Å². The molecule has 0 spiro atoms. The van der Waals surface area contributed by atoms with Gasteiger partial charge >= 0.3 is 0 Å². The number of anilines is 3. The van der Waals surface area contributed by atoms with Crippen molar-refractivity contribution in [1.29, 1.82) is 0 Å². The number of hydrogen-bond acceptors (Lipinski definition) is 6. The van der Waals surface area contributed by atoms with Crippen molar-refractivity contribution in [2.75, 3.05) is 43.2 Å². The van der Waals surface area contributed by atoms with Crippen LogP contribution in [0.1, 0.15) is 17.5 Å². The molecule has 0 aromatic heterocycles. The average molecular weight is 515 g/mol. The Morgan fingerprint density at radius 1 is 0.947 bits per heavy atom. The largest absolute Gasteiger partial charge is 0.458 e. The van der Waals surface area contributed by atoms with Gasteiger partial charge in [0.1, 0.15) is 18.3 Å². The molecule has 38 heavy (non-hydrogen) atoms. The topological polar surface area (TPSA) is 83.1 Å². The predicted octanol–water partition coefficient (Wildman–Crippen LogP) is 4.92. The Morgan fingerprint density at radius 2 is 1.68 bits per heavy atom. The van der Waals surface area contributed by atoms with Gasteiger partial charge in [-0.1, -0.05) is 0 Å². The molecule has 0 atom stereocenters. The lowest BCUT2D eigenvalue weighted by Gasteiger charge is -2.20. The molecule has 2 N–H and O–H groups in total. The van der Waals surface area contributed by atoms with Crippen molar-refractivity contribution >= 4 is 40.1 Å². The first kappa shape index (κ1) is 25.0. The van der Waals surface area contributed by atoms with Crippen LogP contribution in [-0.2, 0) is 9.59 Å². The van der Waals surface area contributed by atoms with Gasteiger partial charge < -0.3 is 29.9 Å². The van der Waals surface area contributed by atoms with Crippen molar-refractivity contribution in [3.05, 3.63) is 90.1 Å². The van der Waals surface area contributed by atoms with Crippen LogP contribution in [0, 0.1) is 5.82 Å². The van der Waals surface area contributed by atoms with Crippen LogP contribution in [0.3, 0.4) is 0 Å². The number of nitrogens with zero attached hydrogens (tertiary/aromatic N) is 2. The molecule has 2 aliphatic heterocycles. The molecule has 3 aromatic rings. The maximum atomic E-state index is 13.9. The Kier molecular flexibility index (Phi) is 6.85. The van der Waals surface area contributed by atoms with Crippen LogP contribution in [0.2, 0.25) is 0 Å². The van der Waals surface area contributed by atoms with E-state index in [2.05, 4.69) is 10.6 Å². The number of fused-ring (bicyclic) bond motifs is 2. The van der Waals surface area contributed by atoms with E-state index >= 15 is 0 Å². The van der Waals surface area contributed by atoms with Gasteiger partial charge in [-0.3, -0.25) is 9.59 Å². The zero-order chi connectivity index (χ0) is 26.8. The molecule has 194 valence electrons. The van der Waals surface area contributed by atoms with Crippen molar-refractivity contribution < 1.29 is 23.5 Å². The number of rotatable bonds is 7. The number of nitrogens with one attached hydrogen (secondary N) is 2. The number of ether oxygens (including phenoxy) is 2. The van der Waals surface area contributed by atoms with Crippen LogP contribution in [0.15, 0.2) is 73.2 Å². The monoisotopic (exact) mass is 514 g/mol. The minimum Gasteiger partial charge on any atom is -0.458 e. The highest BCUT2D eigenvalue weighted by atomic mass is 19.1. The highest BCUT2D eigenvalue weighted by Gasteiger charge is 2.29. The summed E-state index contributed by atoms with van der Waals surface area (Å²) in [6.45, 7) is 0.665. The van der Waals surface area contributed by atoms with Crippen molar-refractivity contribution in [2.24, 2.45) is 0 Å². The molecule has 0 saturated heterocycles. The van der Waals surface area contributed by atoms with Crippen LogP contribution >= 0.6 is 0 Å². The van der Waals surface area contributed by atoms with Gasteiger partial charge in [-0.25, -0.2) is 4.39 Å². The van der Waals surface area contributed by atoms with E-state index in [1.165, 1.54) is 24.7 Å².